The molecule has 32 heavy (non-hydrogen) atoms. The van der Waals surface area contributed by atoms with E-state index in [9.17, 15) is 0 Å². The van der Waals surface area contributed by atoms with Gasteiger partial charge in [0.25, 0.3) is 0 Å². The largest absolute Gasteiger partial charge is 0.327 e. The van der Waals surface area contributed by atoms with Crippen molar-refractivity contribution in [3.05, 3.63) is 93.0 Å². The molecule has 3 aromatic rings. The predicted octanol–water partition coefficient (Wildman–Crippen LogP) is 7.49. The van der Waals surface area contributed by atoms with Crippen LogP contribution in [0.5, 0.6) is 0 Å². The minimum Gasteiger partial charge on any atom is -0.327 e. The molecule has 0 spiro atoms. The van der Waals surface area contributed by atoms with Crippen molar-refractivity contribution >= 4 is 11.6 Å². The van der Waals surface area contributed by atoms with Crippen LogP contribution in [0.25, 0.3) is 11.1 Å². The highest BCUT2D eigenvalue weighted by molar-refractivity contribution is 6.33. The predicted molar refractivity (Wildman–Crippen MR) is 129 cm³/mol. The molecule has 2 N–H and O–H groups in total. The Kier molecular flexibility index (Phi) is 6.17. The third-order valence-corrected chi connectivity index (χ3v) is 7.73. The quantitative estimate of drug-likeness (QED) is 0.425. The normalized spacial score (nSPS) is 20.9. The Morgan fingerprint density at radius 1 is 1.12 bits per heavy atom. The Balaban J connectivity index is 2.03. The number of halogens is 3. The van der Waals surface area contributed by atoms with Crippen molar-refractivity contribution in [2.75, 3.05) is 0 Å². The zero-order valence-electron chi connectivity index (χ0n) is 19.1. The Morgan fingerprint density at radius 3 is 2.44 bits per heavy atom. The van der Waals surface area contributed by atoms with Crippen LogP contribution >= 0.6 is 11.6 Å². The summed E-state index contributed by atoms with van der Waals surface area (Å²) in [4.78, 5) is 0. The maximum atomic E-state index is 15.8. The summed E-state index contributed by atoms with van der Waals surface area (Å²) < 4.78 is 30.9. The summed E-state index contributed by atoms with van der Waals surface area (Å²) in [6.07, 6.45) is 2.03. The molecule has 0 aliphatic heterocycles. The highest BCUT2D eigenvalue weighted by Gasteiger charge is 2.49. The summed E-state index contributed by atoms with van der Waals surface area (Å²) in [7, 11) is 0. The molecule has 1 unspecified atom stereocenters. The second-order valence-electron chi connectivity index (χ2n) is 9.19. The minimum atomic E-state index is -0.513. The van der Waals surface area contributed by atoms with Crippen LogP contribution in [0.15, 0.2) is 48.5 Å². The van der Waals surface area contributed by atoms with E-state index >= 15 is 8.78 Å². The Morgan fingerprint density at radius 2 is 1.81 bits per heavy atom. The van der Waals surface area contributed by atoms with Crippen LogP contribution in [0.1, 0.15) is 60.9 Å². The van der Waals surface area contributed by atoms with Crippen molar-refractivity contribution in [3.8, 4) is 11.1 Å². The highest BCUT2D eigenvalue weighted by atomic mass is 35.5. The summed E-state index contributed by atoms with van der Waals surface area (Å²) in [5.74, 6) is -0.880. The lowest BCUT2D eigenvalue weighted by atomic mass is 9.66. The number of hydrogen-bond donors (Lipinski definition) is 1. The van der Waals surface area contributed by atoms with Gasteiger partial charge in [-0.25, -0.2) is 8.78 Å². The van der Waals surface area contributed by atoms with Gasteiger partial charge >= 0.3 is 0 Å². The van der Waals surface area contributed by atoms with Gasteiger partial charge in [-0.05, 0) is 66.5 Å². The van der Waals surface area contributed by atoms with Crippen molar-refractivity contribution in [2.24, 2.45) is 5.73 Å². The molecule has 0 aromatic heterocycles. The van der Waals surface area contributed by atoms with Crippen LogP contribution in [0.4, 0.5) is 8.78 Å². The van der Waals surface area contributed by atoms with Gasteiger partial charge in [0, 0.05) is 22.6 Å². The lowest BCUT2D eigenvalue weighted by molar-refractivity contribution is 0.327. The fourth-order valence-corrected chi connectivity index (χ4v) is 5.96. The molecule has 0 saturated heterocycles. The average Bonchev–Trinajstić information content (AvgIpc) is 3.06. The van der Waals surface area contributed by atoms with Gasteiger partial charge < -0.3 is 5.73 Å². The second kappa shape index (κ2) is 8.61. The smallest absolute Gasteiger partial charge is 0.142 e. The standard InChI is InChI=1S/C28H30ClF2N/c1-5-9-19-13-12-16(2)23(27(19)31)25-24-17(3)28(18(4)32,21-10-7-6-8-11-21)15-20(24)14-22(30)26(25)29/h6-8,10-14,17-18H,5,9,15,32H2,1-4H3/t17-,18-,28?/m0/s1. The first-order valence-corrected chi connectivity index (χ1v) is 11.7. The Bertz CT molecular complexity index is 1160. The number of fused-ring (bicyclic) bond motifs is 1. The van der Waals surface area contributed by atoms with Crippen LogP contribution in [0, 0.1) is 18.6 Å². The molecular formula is C28H30ClF2N. The molecule has 4 heteroatoms. The van der Waals surface area contributed by atoms with E-state index in [0.29, 0.717) is 29.5 Å². The lowest BCUT2D eigenvalue weighted by Crippen LogP contribution is -2.46. The summed E-state index contributed by atoms with van der Waals surface area (Å²) in [6, 6.07) is 15.2. The Hall–Kier alpha value is -2.23. The molecule has 0 heterocycles. The molecule has 4 rings (SSSR count). The van der Waals surface area contributed by atoms with Gasteiger partial charge in [-0.15, -0.1) is 0 Å². The van der Waals surface area contributed by atoms with Gasteiger partial charge in [0.1, 0.15) is 11.6 Å². The van der Waals surface area contributed by atoms with Crippen LogP contribution in [-0.4, -0.2) is 6.04 Å². The van der Waals surface area contributed by atoms with Crippen LogP contribution in [0.3, 0.4) is 0 Å². The summed E-state index contributed by atoms with van der Waals surface area (Å²) in [6.45, 7) is 7.99. The van der Waals surface area contributed by atoms with Gasteiger partial charge in [-0.2, -0.15) is 0 Å². The molecular weight excluding hydrogens is 424 g/mol. The zero-order valence-corrected chi connectivity index (χ0v) is 19.9. The highest BCUT2D eigenvalue weighted by Crippen LogP contribution is 2.55. The number of hydrogen-bond acceptors (Lipinski definition) is 1. The van der Waals surface area contributed by atoms with E-state index in [1.165, 1.54) is 6.07 Å². The van der Waals surface area contributed by atoms with E-state index in [2.05, 4.69) is 19.1 Å². The molecule has 1 aliphatic carbocycles. The number of nitrogens with two attached hydrogens (primary N) is 1. The number of rotatable bonds is 5. The lowest BCUT2D eigenvalue weighted by Gasteiger charge is -2.39. The first kappa shape index (κ1) is 22.9. The van der Waals surface area contributed by atoms with Gasteiger partial charge in [0.2, 0.25) is 0 Å². The van der Waals surface area contributed by atoms with E-state index in [-0.39, 0.29) is 22.8 Å². The van der Waals surface area contributed by atoms with Crippen molar-refractivity contribution in [3.63, 3.8) is 0 Å². The minimum absolute atomic E-state index is 0.0141. The Labute approximate surface area is 194 Å². The monoisotopic (exact) mass is 453 g/mol. The molecule has 0 bridgehead atoms. The van der Waals surface area contributed by atoms with Gasteiger partial charge in [0.15, 0.2) is 0 Å². The van der Waals surface area contributed by atoms with E-state index in [1.54, 1.807) is 0 Å². The van der Waals surface area contributed by atoms with E-state index in [1.807, 2.05) is 51.1 Å². The average molecular weight is 454 g/mol. The third-order valence-electron chi connectivity index (χ3n) is 7.36. The van der Waals surface area contributed by atoms with Gasteiger partial charge in [0.05, 0.1) is 5.02 Å². The molecule has 0 amide bonds. The summed E-state index contributed by atoms with van der Waals surface area (Å²) in [5, 5.41) is -0.0141. The van der Waals surface area contributed by atoms with E-state index < -0.39 is 11.2 Å². The molecule has 3 atom stereocenters. The van der Waals surface area contributed by atoms with Crippen LogP contribution in [0.2, 0.25) is 5.02 Å². The molecule has 1 aliphatic rings. The maximum absolute atomic E-state index is 15.8. The van der Waals surface area contributed by atoms with Gasteiger partial charge in [-0.3, -0.25) is 0 Å². The maximum Gasteiger partial charge on any atom is 0.142 e. The summed E-state index contributed by atoms with van der Waals surface area (Å²) in [5.41, 5.74) is 11.4. The van der Waals surface area contributed by atoms with Crippen molar-refractivity contribution in [1.82, 2.24) is 0 Å². The second-order valence-corrected chi connectivity index (χ2v) is 9.57. The van der Waals surface area contributed by atoms with Gasteiger partial charge in [-0.1, -0.05) is 74.3 Å². The fourth-order valence-electron chi connectivity index (χ4n) is 5.71. The number of benzene rings is 3. The molecule has 3 aromatic carbocycles. The fraction of sp³-hybridized carbons (Fsp3) is 0.357. The SMILES string of the molecule is CCCc1ccc(C)c(-c2c(Cl)c(F)cc3c2[C@H](C)C(c2ccccc2)([C@H](C)N)C3)c1F. The van der Waals surface area contributed by atoms with E-state index in [4.69, 9.17) is 17.3 Å². The first-order chi connectivity index (χ1) is 15.2. The molecule has 168 valence electrons. The van der Waals surface area contributed by atoms with Crippen LogP contribution < -0.4 is 5.73 Å². The van der Waals surface area contributed by atoms with Crippen LogP contribution in [-0.2, 0) is 18.3 Å². The molecule has 0 saturated carbocycles. The van der Waals surface area contributed by atoms with E-state index in [0.717, 1.165) is 28.7 Å². The summed E-state index contributed by atoms with van der Waals surface area (Å²) >= 11 is 6.60. The molecule has 1 nitrogen and oxygen atoms in total. The van der Waals surface area contributed by atoms with Crippen molar-refractivity contribution < 1.29 is 8.78 Å². The van der Waals surface area contributed by atoms with Crippen molar-refractivity contribution in [1.29, 1.82) is 0 Å². The van der Waals surface area contributed by atoms with Crippen molar-refractivity contribution in [2.45, 2.75) is 64.3 Å². The molecule has 0 radical (unpaired) electrons. The molecule has 0 fully saturated rings. The zero-order chi connectivity index (χ0) is 23.2. The number of aryl methyl sites for hydroxylation is 2. The topological polar surface area (TPSA) is 26.0 Å². The third kappa shape index (κ3) is 3.38. The first-order valence-electron chi connectivity index (χ1n) is 11.3.